The average Bonchev–Trinajstić information content (AvgIpc) is 3.99. The molecule has 0 bridgehead atoms. The molecule has 4 heterocycles. The minimum atomic E-state index is -1.26. The second-order valence-corrected chi connectivity index (χ2v) is 14.4. The summed E-state index contributed by atoms with van der Waals surface area (Å²) in [6, 6.07) is 18.0. The van der Waals surface area contributed by atoms with Crippen LogP contribution >= 0.6 is 23.2 Å². The summed E-state index contributed by atoms with van der Waals surface area (Å²) in [7, 11) is 0. The molecular weight excluding hydrogens is 710 g/mol. The molecule has 0 amide bonds. The predicted octanol–water partition coefficient (Wildman–Crippen LogP) is 5.94. The van der Waals surface area contributed by atoms with Crippen molar-refractivity contribution in [2.45, 2.75) is 50.7 Å². The van der Waals surface area contributed by atoms with Crippen LogP contribution in [0.4, 0.5) is 15.8 Å². The highest BCUT2D eigenvalue weighted by Gasteiger charge is 2.46. The van der Waals surface area contributed by atoms with Crippen molar-refractivity contribution in [1.29, 1.82) is 0 Å². The van der Waals surface area contributed by atoms with Gasteiger partial charge in [-0.25, -0.2) is 18.4 Å². The largest absolute Gasteiger partial charge is 0.491 e. The van der Waals surface area contributed by atoms with Crippen LogP contribution in [0.15, 0.2) is 84.2 Å². The Bertz CT molecular complexity index is 2050. The maximum Gasteiger partial charge on any atom is 0.350 e. The number of piperazine rings is 1. The Morgan fingerprint density at radius 1 is 0.885 bits per heavy atom. The summed E-state index contributed by atoms with van der Waals surface area (Å²) in [6.45, 7) is 3.95. The number of rotatable bonds is 11. The third-order valence-corrected chi connectivity index (χ3v) is 10.7. The van der Waals surface area contributed by atoms with Crippen LogP contribution in [0.2, 0.25) is 10.0 Å². The van der Waals surface area contributed by atoms with Crippen molar-refractivity contribution in [2.75, 3.05) is 49.2 Å². The van der Waals surface area contributed by atoms with E-state index >= 15 is 4.39 Å². The number of hydrogen-bond donors (Lipinski definition) is 0. The minimum absolute atomic E-state index is 0.103. The van der Waals surface area contributed by atoms with Crippen LogP contribution in [0.3, 0.4) is 0 Å². The summed E-state index contributed by atoms with van der Waals surface area (Å²) in [5, 5.41) is 13.7. The van der Waals surface area contributed by atoms with Crippen molar-refractivity contribution >= 4 is 34.6 Å². The van der Waals surface area contributed by atoms with E-state index in [-0.39, 0.29) is 31.3 Å². The number of nitrogens with zero attached hydrogens (tertiary/aromatic N) is 8. The molecule has 15 heteroatoms. The molecule has 272 valence electrons. The second kappa shape index (κ2) is 14.9. The molecule has 3 aromatic carbocycles. The van der Waals surface area contributed by atoms with Crippen LogP contribution in [0.1, 0.15) is 31.2 Å². The molecule has 52 heavy (non-hydrogen) atoms. The van der Waals surface area contributed by atoms with Gasteiger partial charge in [-0.3, -0.25) is 0 Å². The van der Waals surface area contributed by atoms with Gasteiger partial charge in [-0.05, 0) is 67.3 Å². The molecular formula is C37H39Cl2FN8O4. The molecule has 0 N–H and O–H groups in total. The van der Waals surface area contributed by atoms with Gasteiger partial charge < -0.3 is 24.0 Å². The van der Waals surface area contributed by atoms with E-state index in [0.717, 1.165) is 37.3 Å². The molecule has 8 rings (SSSR count). The maximum atomic E-state index is 15.5. The van der Waals surface area contributed by atoms with Crippen molar-refractivity contribution in [3.05, 3.63) is 111 Å². The molecule has 2 aromatic heterocycles. The van der Waals surface area contributed by atoms with Gasteiger partial charge in [0.15, 0.2) is 0 Å². The number of ether oxygens (including phenoxy) is 3. The molecule has 0 radical (unpaired) electrons. The third kappa shape index (κ3) is 7.27. The lowest BCUT2D eigenvalue weighted by Gasteiger charge is -2.37. The smallest absolute Gasteiger partial charge is 0.350 e. The summed E-state index contributed by atoms with van der Waals surface area (Å²) >= 11 is 12.7. The van der Waals surface area contributed by atoms with Crippen LogP contribution in [0.5, 0.6) is 5.75 Å². The number of anilines is 2. The van der Waals surface area contributed by atoms with Crippen LogP contribution in [-0.2, 0) is 28.4 Å². The van der Waals surface area contributed by atoms with E-state index in [9.17, 15) is 4.79 Å². The van der Waals surface area contributed by atoms with Crippen LogP contribution < -0.4 is 20.2 Å². The molecule has 2 saturated heterocycles. The maximum absolute atomic E-state index is 15.5. The van der Waals surface area contributed by atoms with E-state index in [1.807, 2.05) is 29.2 Å². The summed E-state index contributed by atoms with van der Waals surface area (Å²) < 4.78 is 37.3. The van der Waals surface area contributed by atoms with Gasteiger partial charge in [-0.15, -0.1) is 0 Å². The van der Waals surface area contributed by atoms with Gasteiger partial charge in [0.2, 0.25) is 5.79 Å². The zero-order valence-corrected chi connectivity index (χ0v) is 30.0. The Morgan fingerprint density at radius 2 is 1.62 bits per heavy atom. The zero-order chi connectivity index (χ0) is 35.7. The van der Waals surface area contributed by atoms with E-state index in [2.05, 4.69) is 20.2 Å². The van der Waals surface area contributed by atoms with Gasteiger partial charge >= 0.3 is 5.69 Å². The van der Waals surface area contributed by atoms with Gasteiger partial charge in [-0.1, -0.05) is 42.1 Å². The monoisotopic (exact) mass is 748 g/mol. The first-order valence-corrected chi connectivity index (χ1v) is 18.4. The quantitative estimate of drug-likeness (QED) is 0.163. The highest BCUT2D eigenvalue weighted by Crippen LogP contribution is 2.40. The molecule has 3 fully saturated rings. The Morgan fingerprint density at radius 3 is 2.35 bits per heavy atom. The average molecular weight is 750 g/mol. The van der Waals surface area contributed by atoms with Gasteiger partial charge in [-0.2, -0.15) is 20.1 Å². The first kappa shape index (κ1) is 34.6. The van der Waals surface area contributed by atoms with Crippen molar-refractivity contribution in [3.63, 3.8) is 0 Å². The number of benzene rings is 3. The molecule has 12 nitrogen and oxygen atoms in total. The molecule has 2 aliphatic heterocycles. The lowest BCUT2D eigenvalue weighted by molar-refractivity contribution is -0.192. The fourth-order valence-corrected chi connectivity index (χ4v) is 7.95. The van der Waals surface area contributed by atoms with Crippen LogP contribution in [0.25, 0.3) is 5.69 Å². The van der Waals surface area contributed by atoms with E-state index in [4.69, 9.17) is 37.4 Å². The minimum Gasteiger partial charge on any atom is -0.491 e. The van der Waals surface area contributed by atoms with Gasteiger partial charge in [0.25, 0.3) is 0 Å². The third-order valence-electron chi connectivity index (χ3n) is 10.1. The summed E-state index contributed by atoms with van der Waals surface area (Å²) in [6.07, 6.45) is 9.09. The normalized spacial score (nSPS) is 20.9. The fraction of sp³-hybridized carbons (Fsp3) is 0.405. The van der Waals surface area contributed by atoms with E-state index in [0.29, 0.717) is 52.6 Å². The standard InChI is InChI=1S/C37H39Cl2FN8O4/c38-27-5-11-32(33(39)19-27)37(24-48-41-13-14-42-48)51-23-31(52-37)22-50-30-10-12-35(34(40)20-30)45-17-15-44(16-18-45)28-6-8-29(9-7-28)46-25-43-47(36(46)49)21-26-3-1-2-4-26/h5-14,19-20,25-26,31H,1-4,15-18,21-24H2/t31-,37-/m0/s1. The van der Waals surface area contributed by atoms with Crippen molar-refractivity contribution in [3.8, 4) is 11.4 Å². The molecule has 3 aliphatic rings. The molecule has 1 aliphatic carbocycles. The number of halogens is 3. The molecule has 0 spiro atoms. The second-order valence-electron chi connectivity index (χ2n) is 13.5. The van der Waals surface area contributed by atoms with Gasteiger partial charge in [0.1, 0.15) is 37.1 Å². The Labute approximate surface area is 310 Å². The Kier molecular flexibility index (Phi) is 9.93. The Hall–Kier alpha value is -4.43. The summed E-state index contributed by atoms with van der Waals surface area (Å²) in [5.41, 5.74) is 2.87. The van der Waals surface area contributed by atoms with E-state index in [1.165, 1.54) is 23.7 Å². The fourth-order valence-electron chi connectivity index (χ4n) is 7.40. The van der Waals surface area contributed by atoms with Crippen molar-refractivity contribution in [2.24, 2.45) is 5.92 Å². The van der Waals surface area contributed by atoms with E-state index < -0.39 is 11.9 Å². The first-order valence-electron chi connectivity index (χ1n) is 17.6. The lowest BCUT2D eigenvalue weighted by Crippen LogP contribution is -2.46. The highest BCUT2D eigenvalue weighted by atomic mass is 35.5. The van der Waals surface area contributed by atoms with Gasteiger partial charge in [0, 0.05) is 55.1 Å². The molecule has 2 atom stereocenters. The summed E-state index contributed by atoms with van der Waals surface area (Å²) in [4.78, 5) is 18.8. The van der Waals surface area contributed by atoms with Gasteiger partial charge in [0.05, 0.1) is 35.4 Å². The van der Waals surface area contributed by atoms with Crippen LogP contribution in [-0.4, -0.2) is 74.8 Å². The van der Waals surface area contributed by atoms with Crippen molar-refractivity contribution in [1.82, 2.24) is 29.3 Å². The molecule has 0 unspecified atom stereocenters. The zero-order valence-electron chi connectivity index (χ0n) is 28.5. The number of aromatic nitrogens is 6. The van der Waals surface area contributed by atoms with Crippen molar-refractivity contribution < 1.29 is 18.6 Å². The SMILES string of the molecule is O=c1n(-c2ccc(N3CCN(c4ccc(OC[C@H]5CO[C@](Cn6nccn6)(c6ccc(Cl)cc6Cl)O5)cc4F)CC3)cc2)cnn1CC1CCCC1. The highest BCUT2D eigenvalue weighted by molar-refractivity contribution is 6.35. The van der Waals surface area contributed by atoms with Crippen LogP contribution in [0, 0.1) is 11.7 Å². The topological polar surface area (TPSA) is 105 Å². The molecule has 5 aromatic rings. The first-order chi connectivity index (χ1) is 25.3. The predicted molar refractivity (Wildman–Crippen MR) is 195 cm³/mol. The number of hydrogen-bond acceptors (Lipinski definition) is 9. The Balaban J connectivity index is 0.856. The van der Waals surface area contributed by atoms with E-state index in [1.54, 1.807) is 58.3 Å². The lowest BCUT2D eigenvalue weighted by atomic mass is 10.1. The summed E-state index contributed by atoms with van der Waals surface area (Å²) in [5.74, 6) is -0.686. The molecule has 1 saturated carbocycles.